The highest BCUT2D eigenvalue weighted by Crippen LogP contribution is 2.43. The fraction of sp³-hybridized carbons (Fsp3) is 0.529. The molecule has 2 aliphatic rings. The monoisotopic (exact) mass is 386 g/mol. The topological polar surface area (TPSA) is 81.1 Å². The second-order valence-corrected chi connectivity index (χ2v) is 7.51. The third kappa shape index (κ3) is 3.30. The summed E-state index contributed by atoms with van der Waals surface area (Å²) in [6.45, 7) is 2.30. The van der Waals surface area contributed by atoms with Gasteiger partial charge in [-0.15, -0.1) is 0 Å². The van der Waals surface area contributed by atoms with Gasteiger partial charge in [-0.05, 0) is 18.6 Å². The molecule has 3 rings (SSSR count). The zero-order valence-electron chi connectivity index (χ0n) is 13.8. The molecule has 2 fully saturated rings. The summed E-state index contributed by atoms with van der Waals surface area (Å²) in [4.78, 5) is 27.9. The van der Waals surface area contributed by atoms with Crippen molar-refractivity contribution >= 4 is 35.0 Å². The first-order chi connectivity index (χ1) is 11.8. The molecule has 2 saturated heterocycles. The maximum Gasteiger partial charge on any atom is 0.248 e. The number of carbonyl (C=O) groups is 2. The van der Waals surface area contributed by atoms with Crippen molar-refractivity contribution in [3.63, 3.8) is 0 Å². The van der Waals surface area contributed by atoms with E-state index in [2.05, 4.69) is 0 Å². The Labute approximate surface area is 155 Å². The number of hydrogen-bond acceptors (Lipinski definition) is 4. The van der Waals surface area contributed by atoms with Gasteiger partial charge in [-0.25, -0.2) is 0 Å². The molecule has 25 heavy (non-hydrogen) atoms. The van der Waals surface area contributed by atoms with Gasteiger partial charge in [0.1, 0.15) is 12.4 Å². The minimum atomic E-state index is -0.571. The van der Waals surface area contributed by atoms with E-state index in [4.69, 9.17) is 28.3 Å². The van der Waals surface area contributed by atoms with Crippen LogP contribution in [-0.4, -0.2) is 64.1 Å². The van der Waals surface area contributed by atoms with Crippen LogP contribution in [0.25, 0.3) is 0 Å². The molecular formula is C17H20Cl2N2O4. The number of halogens is 2. The molecule has 1 aromatic carbocycles. The van der Waals surface area contributed by atoms with E-state index in [0.29, 0.717) is 41.7 Å². The SMILES string of the molecule is C[C@H]1CN(C(=O)CO)C[C@@H]2C[C@H](c3c(O)ccc(Cl)c3Cl)CN2C1=O. The Bertz CT molecular complexity index is 712. The predicted molar refractivity (Wildman–Crippen MR) is 93.8 cm³/mol. The lowest BCUT2D eigenvalue weighted by Gasteiger charge is -2.25. The highest BCUT2D eigenvalue weighted by Gasteiger charge is 2.43. The van der Waals surface area contributed by atoms with E-state index in [1.165, 1.54) is 17.0 Å². The molecule has 0 unspecified atom stereocenters. The number of carbonyl (C=O) groups excluding carboxylic acids is 2. The molecule has 2 N–H and O–H groups in total. The number of phenols is 1. The van der Waals surface area contributed by atoms with Crippen LogP contribution in [0.5, 0.6) is 5.75 Å². The minimum absolute atomic E-state index is 0.0293. The van der Waals surface area contributed by atoms with Gasteiger partial charge in [-0.3, -0.25) is 9.59 Å². The molecule has 1 aromatic rings. The molecule has 6 nitrogen and oxygen atoms in total. The summed E-state index contributed by atoms with van der Waals surface area (Å²) in [5, 5.41) is 20.0. The molecule has 0 bridgehead atoms. The van der Waals surface area contributed by atoms with Gasteiger partial charge >= 0.3 is 0 Å². The van der Waals surface area contributed by atoms with Gasteiger partial charge in [0.2, 0.25) is 11.8 Å². The van der Waals surface area contributed by atoms with E-state index in [1.807, 2.05) is 0 Å². The van der Waals surface area contributed by atoms with Crippen LogP contribution in [0.3, 0.4) is 0 Å². The lowest BCUT2D eigenvalue weighted by Crippen LogP contribution is -2.41. The van der Waals surface area contributed by atoms with Gasteiger partial charge in [0, 0.05) is 37.2 Å². The van der Waals surface area contributed by atoms with Crippen molar-refractivity contribution in [1.29, 1.82) is 0 Å². The van der Waals surface area contributed by atoms with E-state index in [-0.39, 0.29) is 35.4 Å². The second kappa shape index (κ2) is 7.02. The van der Waals surface area contributed by atoms with Crippen LogP contribution in [0, 0.1) is 5.92 Å². The van der Waals surface area contributed by atoms with Gasteiger partial charge in [0.25, 0.3) is 0 Å². The predicted octanol–water partition coefficient (Wildman–Crippen LogP) is 1.85. The number of fused-ring (bicyclic) bond motifs is 1. The first-order valence-corrected chi connectivity index (χ1v) is 8.95. The number of aliphatic hydroxyl groups is 1. The zero-order chi connectivity index (χ0) is 18.3. The van der Waals surface area contributed by atoms with E-state index < -0.39 is 6.61 Å². The summed E-state index contributed by atoms with van der Waals surface area (Å²) in [6.07, 6.45) is 0.571. The largest absolute Gasteiger partial charge is 0.508 e. The smallest absolute Gasteiger partial charge is 0.248 e. The molecule has 0 aliphatic carbocycles. The van der Waals surface area contributed by atoms with Crippen molar-refractivity contribution in [3.05, 3.63) is 27.7 Å². The lowest BCUT2D eigenvalue weighted by molar-refractivity contribution is -0.135. The first kappa shape index (κ1) is 18.3. The number of rotatable bonds is 2. The fourth-order valence-electron chi connectivity index (χ4n) is 3.84. The standard InChI is InChI=1S/C17H20Cl2N2O4/c1-9-5-20(14(24)8-22)7-11-4-10(6-21(11)17(9)25)15-13(23)3-2-12(18)16(15)19/h2-3,9-11,22-23H,4-8H2,1H3/t9-,10-,11-/m0/s1. The zero-order valence-corrected chi connectivity index (χ0v) is 15.3. The van der Waals surface area contributed by atoms with Crippen molar-refractivity contribution in [1.82, 2.24) is 9.80 Å². The third-order valence-electron chi connectivity index (χ3n) is 5.05. The number of amides is 2. The van der Waals surface area contributed by atoms with Crippen LogP contribution in [-0.2, 0) is 9.59 Å². The van der Waals surface area contributed by atoms with Crippen LogP contribution in [0.4, 0.5) is 0 Å². The van der Waals surface area contributed by atoms with Crippen molar-refractivity contribution in [2.75, 3.05) is 26.2 Å². The fourth-order valence-corrected chi connectivity index (χ4v) is 4.32. The maximum absolute atomic E-state index is 12.7. The van der Waals surface area contributed by atoms with Crippen LogP contribution in [0.2, 0.25) is 10.0 Å². The number of hydrogen-bond donors (Lipinski definition) is 2. The minimum Gasteiger partial charge on any atom is -0.508 e. The molecule has 2 aliphatic heterocycles. The molecular weight excluding hydrogens is 367 g/mol. The van der Waals surface area contributed by atoms with Crippen molar-refractivity contribution in [2.24, 2.45) is 5.92 Å². The molecule has 0 radical (unpaired) electrons. The van der Waals surface area contributed by atoms with Crippen molar-refractivity contribution < 1.29 is 19.8 Å². The molecule has 0 aromatic heterocycles. The van der Waals surface area contributed by atoms with Gasteiger partial charge in [-0.1, -0.05) is 30.1 Å². The van der Waals surface area contributed by atoms with Crippen molar-refractivity contribution in [3.8, 4) is 5.75 Å². The summed E-state index contributed by atoms with van der Waals surface area (Å²) in [5.41, 5.74) is 0.544. The Hall–Kier alpha value is -1.50. The average Bonchev–Trinajstić information content (AvgIpc) is 2.95. The van der Waals surface area contributed by atoms with E-state index >= 15 is 0 Å². The molecule has 0 saturated carbocycles. The lowest BCUT2D eigenvalue weighted by atomic mass is 9.95. The van der Waals surface area contributed by atoms with E-state index in [1.54, 1.807) is 11.8 Å². The summed E-state index contributed by atoms with van der Waals surface area (Å²) < 4.78 is 0. The van der Waals surface area contributed by atoms with Gasteiger partial charge in [-0.2, -0.15) is 0 Å². The number of aliphatic hydroxyl groups excluding tert-OH is 1. The van der Waals surface area contributed by atoms with Crippen LogP contribution < -0.4 is 0 Å². The van der Waals surface area contributed by atoms with Crippen LogP contribution >= 0.6 is 23.2 Å². The second-order valence-electron chi connectivity index (χ2n) is 6.73. The highest BCUT2D eigenvalue weighted by atomic mass is 35.5. The molecule has 3 atom stereocenters. The average molecular weight is 387 g/mol. The van der Waals surface area contributed by atoms with Crippen molar-refractivity contribution in [2.45, 2.75) is 25.3 Å². The molecule has 2 amide bonds. The number of nitrogens with zero attached hydrogens (tertiary/aromatic N) is 2. The Morgan fingerprint density at radius 1 is 1.28 bits per heavy atom. The Kier molecular flexibility index (Phi) is 5.14. The van der Waals surface area contributed by atoms with Gasteiger partial charge in [0.05, 0.1) is 16.0 Å². The quantitative estimate of drug-likeness (QED) is 0.812. The summed E-state index contributed by atoms with van der Waals surface area (Å²) in [5.74, 6) is -0.855. The van der Waals surface area contributed by atoms with Crippen LogP contribution in [0.15, 0.2) is 12.1 Å². The van der Waals surface area contributed by atoms with Gasteiger partial charge in [0.15, 0.2) is 0 Å². The highest BCUT2D eigenvalue weighted by molar-refractivity contribution is 6.42. The Morgan fingerprint density at radius 3 is 2.68 bits per heavy atom. The Balaban J connectivity index is 1.90. The normalized spacial score (nSPS) is 26.6. The molecule has 136 valence electrons. The Morgan fingerprint density at radius 2 is 2.00 bits per heavy atom. The summed E-state index contributed by atoms with van der Waals surface area (Å²) in [6, 6.07) is 2.86. The molecule has 2 heterocycles. The summed E-state index contributed by atoms with van der Waals surface area (Å²) >= 11 is 12.4. The molecule has 0 spiro atoms. The third-order valence-corrected chi connectivity index (χ3v) is 5.87. The number of aromatic hydroxyl groups is 1. The van der Waals surface area contributed by atoms with E-state index in [0.717, 1.165) is 0 Å². The molecule has 8 heteroatoms. The van der Waals surface area contributed by atoms with Gasteiger partial charge < -0.3 is 20.0 Å². The maximum atomic E-state index is 12.7. The number of benzene rings is 1. The first-order valence-electron chi connectivity index (χ1n) is 8.19. The van der Waals surface area contributed by atoms with E-state index in [9.17, 15) is 14.7 Å². The summed E-state index contributed by atoms with van der Waals surface area (Å²) in [7, 11) is 0. The van der Waals surface area contributed by atoms with Crippen LogP contribution in [0.1, 0.15) is 24.8 Å². The number of phenolic OH excluding ortho intramolecular Hbond substituents is 1.